The lowest BCUT2D eigenvalue weighted by molar-refractivity contribution is -0.137. The van der Waals surface area contributed by atoms with Gasteiger partial charge in [0, 0.05) is 5.92 Å². The van der Waals surface area contributed by atoms with E-state index in [-0.39, 0.29) is 16.5 Å². The first-order chi connectivity index (χ1) is 16.1. The second-order valence-corrected chi connectivity index (χ2v) is 8.33. The van der Waals surface area contributed by atoms with E-state index in [1.807, 2.05) is 24.3 Å². The molecule has 1 amide bonds. The number of fused-ring (bicyclic) bond motifs is 1. The Balaban J connectivity index is 1.40. The van der Waals surface area contributed by atoms with Crippen molar-refractivity contribution < 1.29 is 23.2 Å². The number of rotatable bonds is 5. The molecule has 1 saturated carbocycles. The number of allylic oxidation sites excluding steroid dienone is 1. The van der Waals surface area contributed by atoms with Gasteiger partial charge in [-0.1, -0.05) is 23.7 Å². The molecule has 8 heteroatoms. The zero-order valence-corrected chi connectivity index (χ0v) is 18.4. The fraction of sp³-hybridized carbons (Fsp3) is 0.240. The van der Waals surface area contributed by atoms with Crippen molar-refractivity contribution in [3.8, 4) is 0 Å². The first kappa shape index (κ1) is 21.3. The maximum atomic E-state index is 13.2. The Bertz CT molecular complexity index is 1210. The number of hydrogen-bond donors (Lipinski definition) is 0. The summed E-state index contributed by atoms with van der Waals surface area (Å²) in [6.07, 6.45) is 7.83. The van der Waals surface area contributed by atoms with Crippen LogP contribution >= 0.6 is 11.6 Å². The molecule has 1 aromatic carbocycles. The van der Waals surface area contributed by atoms with Crippen LogP contribution in [-0.4, -0.2) is 29.2 Å². The van der Waals surface area contributed by atoms with Crippen LogP contribution in [0.3, 0.4) is 0 Å². The molecule has 2 aliphatic rings. The molecule has 2 unspecified atom stereocenters. The van der Waals surface area contributed by atoms with Crippen LogP contribution in [-0.2, 0) is 9.53 Å². The summed E-state index contributed by atoms with van der Waals surface area (Å²) in [5, 5.41) is 6.35. The highest BCUT2D eigenvalue weighted by molar-refractivity contribution is 6.33. The van der Waals surface area contributed by atoms with E-state index in [0.29, 0.717) is 5.76 Å². The number of furan rings is 2. The molecule has 0 N–H and O–H groups in total. The number of ether oxygens (including phenoxy) is 1. The molecule has 0 saturated heterocycles. The lowest BCUT2D eigenvalue weighted by atomic mass is 9.79. The van der Waals surface area contributed by atoms with Gasteiger partial charge < -0.3 is 13.6 Å². The van der Waals surface area contributed by atoms with Crippen LogP contribution in [0.15, 0.2) is 80.6 Å². The van der Waals surface area contributed by atoms with Gasteiger partial charge in [0.15, 0.2) is 6.61 Å². The standard InChI is InChI=1S/C25H21ClN2O5/c26-20-10-2-1-8-18(20)25(30)33-15-22(29)28-24(21-11-5-13-32-21)19-9-3-6-16(23(19)27-28)14-17-7-4-12-31-17/h1-2,4-5,7-8,10-14,19,24H,3,6,9,15H2. The van der Waals surface area contributed by atoms with E-state index in [1.54, 1.807) is 42.9 Å². The number of carbonyl (C=O) groups is 2. The summed E-state index contributed by atoms with van der Waals surface area (Å²) in [5.41, 5.74) is 2.07. The predicted molar refractivity (Wildman–Crippen MR) is 121 cm³/mol. The first-order valence-corrected chi connectivity index (χ1v) is 11.1. The monoisotopic (exact) mass is 464 g/mol. The topological polar surface area (TPSA) is 85.3 Å². The molecule has 3 aromatic rings. The first-order valence-electron chi connectivity index (χ1n) is 10.7. The number of halogens is 1. The van der Waals surface area contributed by atoms with Gasteiger partial charge in [0.25, 0.3) is 5.91 Å². The average Bonchev–Trinajstić information content (AvgIpc) is 3.58. The van der Waals surface area contributed by atoms with Crippen LogP contribution in [0.25, 0.3) is 6.08 Å². The molecule has 7 nitrogen and oxygen atoms in total. The Hall–Kier alpha value is -3.58. The summed E-state index contributed by atoms with van der Waals surface area (Å²) < 4.78 is 16.4. The molecule has 1 aliphatic carbocycles. The minimum absolute atomic E-state index is 0.0191. The van der Waals surface area contributed by atoms with Crippen molar-refractivity contribution in [3.05, 3.63) is 88.7 Å². The Kier molecular flexibility index (Phi) is 5.88. The SMILES string of the molecule is O=C(OCC(=O)N1N=C2C(=Cc3ccco3)CCCC2C1c1ccco1)c1ccccc1Cl. The summed E-state index contributed by atoms with van der Waals surface area (Å²) in [6, 6.07) is 13.5. The van der Waals surface area contributed by atoms with Gasteiger partial charge in [0.2, 0.25) is 0 Å². The minimum Gasteiger partial charge on any atom is -0.467 e. The Morgan fingerprint density at radius 2 is 1.94 bits per heavy atom. The van der Waals surface area contributed by atoms with Crippen LogP contribution in [0.4, 0.5) is 0 Å². The third-order valence-corrected chi connectivity index (χ3v) is 6.20. The van der Waals surface area contributed by atoms with Crippen LogP contribution < -0.4 is 0 Å². The summed E-state index contributed by atoms with van der Waals surface area (Å²) in [5.74, 6) is 0.265. The van der Waals surface area contributed by atoms with Crippen LogP contribution in [0.1, 0.15) is 47.2 Å². The second kappa shape index (κ2) is 9.11. The number of amides is 1. The maximum Gasteiger partial charge on any atom is 0.340 e. The molecule has 2 aromatic heterocycles. The molecule has 1 aliphatic heterocycles. The number of hydrogen-bond acceptors (Lipinski definition) is 6. The lowest BCUT2D eigenvalue weighted by Gasteiger charge is -2.27. The van der Waals surface area contributed by atoms with Crippen molar-refractivity contribution in [2.45, 2.75) is 25.3 Å². The van der Waals surface area contributed by atoms with E-state index in [2.05, 4.69) is 0 Å². The highest BCUT2D eigenvalue weighted by atomic mass is 35.5. The molecule has 0 spiro atoms. The minimum atomic E-state index is -0.661. The molecule has 33 heavy (non-hydrogen) atoms. The Morgan fingerprint density at radius 3 is 2.70 bits per heavy atom. The zero-order chi connectivity index (χ0) is 22.8. The number of esters is 1. The number of benzene rings is 1. The van der Waals surface area contributed by atoms with Crippen molar-refractivity contribution in [2.24, 2.45) is 11.0 Å². The van der Waals surface area contributed by atoms with Gasteiger partial charge >= 0.3 is 5.97 Å². The fourth-order valence-corrected chi connectivity index (χ4v) is 4.60. The predicted octanol–water partition coefficient (Wildman–Crippen LogP) is 5.51. The zero-order valence-electron chi connectivity index (χ0n) is 17.6. The van der Waals surface area contributed by atoms with Crippen molar-refractivity contribution in [3.63, 3.8) is 0 Å². The van der Waals surface area contributed by atoms with Crippen molar-refractivity contribution in [1.29, 1.82) is 0 Å². The van der Waals surface area contributed by atoms with Crippen molar-refractivity contribution in [1.82, 2.24) is 5.01 Å². The molecule has 0 radical (unpaired) electrons. The van der Waals surface area contributed by atoms with Crippen LogP contribution in [0, 0.1) is 5.92 Å². The maximum absolute atomic E-state index is 13.2. The van der Waals surface area contributed by atoms with Crippen molar-refractivity contribution in [2.75, 3.05) is 6.61 Å². The number of carbonyl (C=O) groups excluding carboxylic acids is 2. The average molecular weight is 465 g/mol. The van der Waals surface area contributed by atoms with Crippen LogP contribution in [0.5, 0.6) is 0 Å². The van der Waals surface area contributed by atoms with E-state index in [9.17, 15) is 9.59 Å². The summed E-state index contributed by atoms with van der Waals surface area (Å²) in [7, 11) is 0. The van der Waals surface area contributed by atoms with Crippen molar-refractivity contribution >= 4 is 35.3 Å². The Labute approximate surface area is 195 Å². The van der Waals surface area contributed by atoms with E-state index >= 15 is 0 Å². The third kappa shape index (κ3) is 4.24. The summed E-state index contributed by atoms with van der Waals surface area (Å²) >= 11 is 6.06. The molecule has 168 valence electrons. The second-order valence-electron chi connectivity index (χ2n) is 7.92. The molecular formula is C25H21ClN2O5. The van der Waals surface area contributed by atoms with Gasteiger partial charge in [-0.15, -0.1) is 0 Å². The highest BCUT2D eigenvalue weighted by Gasteiger charge is 2.45. The van der Waals surface area contributed by atoms with Crippen LogP contribution in [0.2, 0.25) is 5.02 Å². The van der Waals surface area contributed by atoms with Gasteiger partial charge in [0.05, 0.1) is 28.8 Å². The Morgan fingerprint density at radius 1 is 1.12 bits per heavy atom. The van der Waals surface area contributed by atoms with E-state index in [0.717, 1.165) is 36.3 Å². The summed E-state index contributed by atoms with van der Waals surface area (Å²) in [6.45, 7) is -0.456. The molecule has 5 rings (SSSR count). The fourth-order valence-electron chi connectivity index (χ4n) is 4.39. The summed E-state index contributed by atoms with van der Waals surface area (Å²) in [4.78, 5) is 25.6. The van der Waals surface area contributed by atoms with E-state index in [4.69, 9.17) is 30.3 Å². The third-order valence-electron chi connectivity index (χ3n) is 5.87. The molecular weight excluding hydrogens is 444 g/mol. The normalized spacial score (nSPS) is 21.1. The lowest BCUT2D eigenvalue weighted by Crippen LogP contribution is -2.34. The number of nitrogens with zero attached hydrogens (tertiary/aromatic N) is 2. The highest BCUT2D eigenvalue weighted by Crippen LogP contribution is 2.44. The molecule has 2 atom stereocenters. The number of hydrazone groups is 1. The molecule has 1 fully saturated rings. The van der Waals surface area contributed by atoms with E-state index < -0.39 is 24.5 Å². The van der Waals surface area contributed by atoms with Gasteiger partial charge in [-0.05, 0) is 67.3 Å². The van der Waals surface area contributed by atoms with Gasteiger partial charge in [-0.25, -0.2) is 9.80 Å². The molecule has 3 heterocycles. The van der Waals surface area contributed by atoms with Gasteiger partial charge in [-0.2, -0.15) is 5.10 Å². The van der Waals surface area contributed by atoms with E-state index in [1.165, 1.54) is 5.01 Å². The van der Waals surface area contributed by atoms with Gasteiger partial charge in [0.1, 0.15) is 17.6 Å². The van der Waals surface area contributed by atoms with Gasteiger partial charge in [-0.3, -0.25) is 4.79 Å². The largest absolute Gasteiger partial charge is 0.467 e. The molecule has 0 bridgehead atoms. The smallest absolute Gasteiger partial charge is 0.340 e. The quantitative estimate of drug-likeness (QED) is 0.465.